The first-order valence-electron chi connectivity index (χ1n) is 11.4. The third-order valence-electron chi connectivity index (χ3n) is 6.15. The second kappa shape index (κ2) is 11.7. The van der Waals surface area contributed by atoms with Gasteiger partial charge < -0.3 is 10.5 Å². The maximum absolute atomic E-state index is 12.1. The summed E-state index contributed by atoms with van der Waals surface area (Å²) in [6.45, 7) is 2.45. The number of unbranched alkanes of at least 4 members (excludes halogenated alkanes) is 2. The molecular weight excluding hydrogens is 465 g/mol. The van der Waals surface area contributed by atoms with Crippen molar-refractivity contribution in [2.75, 3.05) is 18.1 Å². The molecule has 0 bridgehead atoms. The Morgan fingerprint density at radius 2 is 1.81 bits per heavy atom. The number of sulfone groups is 1. The van der Waals surface area contributed by atoms with Gasteiger partial charge in [-0.1, -0.05) is 55.1 Å². The maximum atomic E-state index is 12.1. The molecule has 2 aromatic carbocycles. The van der Waals surface area contributed by atoms with Crippen LogP contribution in [-0.4, -0.2) is 32.6 Å². The minimum Gasteiger partial charge on any atom is -0.494 e. The van der Waals surface area contributed by atoms with Gasteiger partial charge in [-0.25, -0.2) is 8.42 Å². The molecule has 32 heavy (non-hydrogen) atoms. The Bertz CT molecular complexity index is 1010. The minimum atomic E-state index is -3.00. The molecule has 3 rings (SSSR count). The molecule has 4 nitrogen and oxygen atoms in total. The summed E-state index contributed by atoms with van der Waals surface area (Å²) in [6, 6.07) is 11.9. The lowest BCUT2D eigenvalue weighted by atomic mass is 9.76. The van der Waals surface area contributed by atoms with Gasteiger partial charge in [0.05, 0.1) is 28.2 Å². The zero-order valence-corrected chi connectivity index (χ0v) is 21.0. The molecule has 176 valence electrons. The van der Waals surface area contributed by atoms with Crippen LogP contribution in [-0.2, 0) is 22.7 Å². The van der Waals surface area contributed by atoms with Gasteiger partial charge in [0.1, 0.15) is 15.6 Å². The zero-order chi connectivity index (χ0) is 23.1. The topological polar surface area (TPSA) is 69.4 Å². The standard InChI is InChI=1S/C25H33Cl2NO3S/c1-2-3-4-13-32(29,30)14-5-12-31-20-9-7-19-8-11-25(28)22(21(19)17-20)15-18-6-10-23(26)24(27)16-18/h6-7,9-10,16-17,22,25H,2-5,8,11-15,28H2,1H3. The molecule has 1 aliphatic carbocycles. The number of halogens is 2. The van der Waals surface area contributed by atoms with Crippen molar-refractivity contribution in [3.8, 4) is 5.75 Å². The molecule has 2 unspecified atom stereocenters. The van der Waals surface area contributed by atoms with Crippen LogP contribution in [0.15, 0.2) is 36.4 Å². The van der Waals surface area contributed by atoms with E-state index in [1.807, 2.05) is 24.3 Å². The van der Waals surface area contributed by atoms with Crippen LogP contribution in [0.3, 0.4) is 0 Å². The fraction of sp³-hybridized carbons (Fsp3) is 0.520. The van der Waals surface area contributed by atoms with E-state index in [1.54, 1.807) is 0 Å². The highest BCUT2D eigenvalue weighted by Gasteiger charge is 2.28. The Morgan fingerprint density at radius 3 is 2.56 bits per heavy atom. The van der Waals surface area contributed by atoms with Crippen molar-refractivity contribution in [2.24, 2.45) is 5.73 Å². The molecule has 0 saturated carbocycles. The van der Waals surface area contributed by atoms with Crippen molar-refractivity contribution in [2.45, 2.75) is 63.8 Å². The second-order valence-electron chi connectivity index (χ2n) is 8.68. The zero-order valence-electron chi connectivity index (χ0n) is 18.7. The Morgan fingerprint density at radius 1 is 1.03 bits per heavy atom. The summed E-state index contributed by atoms with van der Waals surface area (Å²) in [5, 5.41) is 1.10. The van der Waals surface area contributed by atoms with Gasteiger partial charge in [-0.15, -0.1) is 0 Å². The van der Waals surface area contributed by atoms with Crippen molar-refractivity contribution >= 4 is 33.0 Å². The van der Waals surface area contributed by atoms with Crippen molar-refractivity contribution in [3.05, 3.63) is 63.1 Å². The van der Waals surface area contributed by atoms with Gasteiger partial charge in [0.25, 0.3) is 0 Å². The van der Waals surface area contributed by atoms with E-state index in [2.05, 4.69) is 19.1 Å². The SMILES string of the molecule is CCCCCS(=O)(=O)CCCOc1ccc2c(c1)C(Cc1ccc(Cl)c(Cl)c1)C(N)CC2. The third kappa shape index (κ3) is 7.11. The molecule has 0 radical (unpaired) electrons. The van der Waals surface area contributed by atoms with Crippen molar-refractivity contribution in [1.82, 2.24) is 0 Å². The summed E-state index contributed by atoms with van der Waals surface area (Å²) in [6.07, 6.45) is 5.88. The average molecular weight is 499 g/mol. The molecule has 2 atom stereocenters. The highest BCUT2D eigenvalue weighted by molar-refractivity contribution is 7.91. The van der Waals surface area contributed by atoms with Crippen molar-refractivity contribution in [3.63, 3.8) is 0 Å². The summed E-state index contributed by atoms with van der Waals surface area (Å²) in [7, 11) is -3.00. The largest absolute Gasteiger partial charge is 0.494 e. The third-order valence-corrected chi connectivity index (χ3v) is 8.71. The molecule has 0 aliphatic heterocycles. The van der Waals surface area contributed by atoms with E-state index in [0.717, 1.165) is 49.8 Å². The van der Waals surface area contributed by atoms with Gasteiger partial charge in [0.15, 0.2) is 0 Å². The van der Waals surface area contributed by atoms with E-state index in [0.29, 0.717) is 23.1 Å². The smallest absolute Gasteiger partial charge is 0.150 e. The van der Waals surface area contributed by atoms with Gasteiger partial charge in [0, 0.05) is 12.0 Å². The molecule has 0 fully saturated rings. The first kappa shape index (κ1) is 25.4. The summed E-state index contributed by atoms with van der Waals surface area (Å²) in [4.78, 5) is 0. The second-order valence-corrected chi connectivity index (χ2v) is 11.8. The first-order chi connectivity index (χ1) is 15.3. The van der Waals surface area contributed by atoms with Gasteiger partial charge in [-0.2, -0.15) is 0 Å². The Kier molecular flexibility index (Phi) is 9.30. The molecule has 0 aromatic heterocycles. The molecule has 0 heterocycles. The first-order valence-corrected chi connectivity index (χ1v) is 14.0. The normalized spacial score (nSPS) is 18.4. The fourth-order valence-corrected chi connectivity index (χ4v) is 6.04. The van der Waals surface area contributed by atoms with Crippen LogP contribution < -0.4 is 10.5 Å². The van der Waals surface area contributed by atoms with Crippen LogP contribution in [0.4, 0.5) is 0 Å². The average Bonchev–Trinajstić information content (AvgIpc) is 2.76. The number of aryl methyl sites for hydroxylation is 1. The number of hydrogen-bond donors (Lipinski definition) is 1. The summed E-state index contributed by atoms with van der Waals surface area (Å²) < 4.78 is 30.2. The van der Waals surface area contributed by atoms with Crippen LogP contribution in [0.25, 0.3) is 0 Å². The number of hydrogen-bond acceptors (Lipinski definition) is 4. The van der Waals surface area contributed by atoms with Gasteiger partial charge in [0.2, 0.25) is 0 Å². The summed E-state index contributed by atoms with van der Waals surface area (Å²) in [5.74, 6) is 1.37. The van der Waals surface area contributed by atoms with E-state index in [4.69, 9.17) is 33.7 Å². The maximum Gasteiger partial charge on any atom is 0.150 e. The van der Waals surface area contributed by atoms with Crippen LogP contribution in [0.5, 0.6) is 5.75 Å². The van der Waals surface area contributed by atoms with E-state index < -0.39 is 9.84 Å². The number of nitrogens with two attached hydrogens (primary N) is 1. The molecular formula is C25H33Cl2NO3S. The predicted molar refractivity (Wildman–Crippen MR) is 134 cm³/mol. The van der Waals surface area contributed by atoms with Crippen LogP contribution in [0.1, 0.15) is 61.6 Å². The molecule has 1 aliphatic rings. The van der Waals surface area contributed by atoms with E-state index in [-0.39, 0.29) is 23.5 Å². The highest BCUT2D eigenvalue weighted by atomic mass is 35.5. The van der Waals surface area contributed by atoms with Gasteiger partial charge >= 0.3 is 0 Å². The van der Waals surface area contributed by atoms with Gasteiger partial charge in [-0.05, 0) is 73.1 Å². The lowest BCUT2D eigenvalue weighted by Crippen LogP contribution is -2.34. The molecule has 2 N–H and O–H groups in total. The number of rotatable bonds is 11. The summed E-state index contributed by atoms with van der Waals surface area (Å²) >= 11 is 12.3. The Balaban J connectivity index is 1.63. The van der Waals surface area contributed by atoms with Gasteiger partial charge in [-0.3, -0.25) is 0 Å². The molecule has 2 aromatic rings. The monoisotopic (exact) mass is 497 g/mol. The minimum absolute atomic E-state index is 0.0560. The van der Waals surface area contributed by atoms with Crippen LogP contribution >= 0.6 is 23.2 Å². The Hall–Kier alpha value is -1.27. The number of fused-ring (bicyclic) bond motifs is 1. The highest BCUT2D eigenvalue weighted by Crippen LogP contribution is 2.36. The molecule has 0 spiro atoms. The van der Waals surface area contributed by atoms with E-state index >= 15 is 0 Å². The van der Waals surface area contributed by atoms with Crippen molar-refractivity contribution < 1.29 is 13.2 Å². The lowest BCUT2D eigenvalue weighted by Gasteiger charge is -2.32. The number of benzene rings is 2. The molecule has 0 saturated heterocycles. The number of ether oxygens (including phenoxy) is 1. The van der Waals surface area contributed by atoms with Crippen molar-refractivity contribution in [1.29, 1.82) is 0 Å². The quantitative estimate of drug-likeness (QED) is 0.388. The fourth-order valence-electron chi connectivity index (χ4n) is 4.31. The molecule has 7 heteroatoms. The van der Waals surface area contributed by atoms with E-state index in [1.165, 1.54) is 11.1 Å². The van der Waals surface area contributed by atoms with E-state index in [9.17, 15) is 8.42 Å². The predicted octanol–water partition coefficient (Wildman–Crippen LogP) is 5.97. The van der Waals surface area contributed by atoms with Crippen LogP contribution in [0.2, 0.25) is 10.0 Å². The summed E-state index contributed by atoms with van der Waals surface area (Å²) in [5.41, 5.74) is 10.1. The molecule has 0 amide bonds. The Labute approximate surface area is 202 Å². The van der Waals surface area contributed by atoms with Crippen LogP contribution in [0, 0.1) is 0 Å². The lowest BCUT2D eigenvalue weighted by molar-refractivity contribution is 0.316.